The summed E-state index contributed by atoms with van der Waals surface area (Å²) < 4.78 is 12.3. The van der Waals surface area contributed by atoms with Crippen LogP contribution in [0.2, 0.25) is 0 Å². The number of Topliss-reactive ketones (excluding diaryl/α,β-unsaturated/α-hetero) is 2. The van der Waals surface area contributed by atoms with Crippen molar-refractivity contribution in [2.45, 2.75) is 96.8 Å². The molecule has 0 aliphatic heterocycles. The number of unbranched alkanes of at least 4 members (excludes halogenated alkanes) is 1. The molecule has 0 aromatic rings. The second-order valence-electron chi connectivity index (χ2n) is 8.51. The van der Waals surface area contributed by atoms with Crippen LogP contribution in [0, 0.1) is 23.7 Å². The summed E-state index contributed by atoms with van der Waals surface area (Å²) in [5.74, 6) is 2.55. The molecule has 0 bridgehead atoms. The Morgan fingerprint density at radius 1 is 0.800 bits per heavy atom. The van der Waals surface area contributed by atoms with Gasteiger partial charge in [0.2, 0.25) is 0 Å². The lowest BCUT2D eigenvalue weighted by Crippen LogP contribution is -2.28. The Bertz CT molecular complexity index is 404. The smallest absolute Gasteiger partial charge is 0.136 e. The Labute approximate surface area is 153 Å². The maximum Gasteiger partial charge on any atom is 0.136 e. The van der Waals surface area contributed by atoms with Crippen molar-refractivity contribution in [3.05, 3.63) is 0 Å². The van der Waals surface area contributed by atoms with Crippen LogP contribution in [-0.4, -0.2) is 18.2 Å². The maximum absolute atomic E-state index is 12.6. The van der Waals surface area contributed by atoms with Gasteiger partial charge in [0.05, 0.1) is 6.67 Å². The number of carbonyl (C=O) groups is 2. The topological polar surface area (TPSA) is 34.1 Å². The van der Waals surface area contributed by atoms with Crippen molar-refractivity contribution < 1.29 is 14.0 Å². The van der Waals surface area contributed by atoms with Gasteiger partial charge in [-0.25, -0.2) is 0 Å². The molecule has 0 aromatic carbocycles. The number of hydrogen-bond acceptors (Lipinski definition) is 2. The van der Waals surface area contributed by atoms with Gasteiger partial charge in [-0.05, 0) is 69.6 Å². The summed E-state index contributed by atoms with van der Waals surface area (Å²) in [5.41, 5.74) is 0. The summed E-state index contributed by atoms with van der Waals surface area (Å²) in [6.07, 6.45) is 13.6. The third-order valence-electron chi connectivity index (χ3n) is 6.62. The third kappa shape index (κ3) is 6.83. The van der Waals surface area contributed by atoms with Gasteiger partial charge in [0.15, 0.2) is 0 Å². The molecule has 2 rings (SSSR count). The fraction of sp³-hybridized carbons (Fsp3) is 0.909. The first kappa shape index (κ1) is 20.6. The van der Waals surface area contributed by atoms with E-state index >= 15 is 0 Å². The van der Waals surface area contributed by atoms with E-state index in [1.807, 2.05) is 0 Å². The summed E-state index contributed by atoms with van der Waals surface area (Å²) >= 11 is 0. The molecule has 0 radical (unpaired) electrons. The molecule has 2 fully saturated rings. The predicted molar refractivity (Wildman–Crippen MR) is 100 cm³/mol. The number of hydrogen-bond donors (Lipinski definition) is 0. The average Bonchev–Trinajstić information content (AvgIpc) is 2.65. The lowest BCUT2D eigenvalue weighted by molar-refractivity contribution is -0.129. The van der Waals surface area contributed by atoms with E-state index < -0.39 is 0 Å². The highest BCUT2D eigenvalue weighted by Gasteiger charge is 2.31. The van der Waals surface area contributed by atoms with Gasteiger partial charge >= 0.3 is 0 Å². The van der Waals surface area contributed by atoms with E-state index in [1.165, 1.54) is 12.8 Å². The lowest BCUT2D eigenvalue weighted by atomic mass is 9.73. The standard InChI is InChI=1S/C22H37FO2/c1-2-3-6-21(24)19-11-13-20(14-12-19)22(25)16-18-9-7-17(8-10-18)5-4-15-23/h17-20H,2-16H2,1H3. The molecule has 0 heterocycles. The summed E-state index contributed by atoms with van der Waals surface area (Å²) in [7, 11) is 0. The Kier molecular flexibility index (Phi) is 9.12. The second-order valence-corrected chi connectivity index (χ2v) is 8.51. The van der Waals surface area contributed by atoms with Crippen molar-refractivity contribution in [2.75, 3.05) is 6.67 Å². The minimum atomic E-state index is -0.192. The van der Waals surface area contributed by atoms with E-state index in [4.69, 9.17) is 0 Å². The van der Waals surface area contributed by atoms with Crippen LogP contribution in [0.5, 0.6) is 0 Å². The fourth-order valence-corrected chi connectivity index (χ4v) is 4.83. The van der Waals surface area contributed by atoms with E-state index in [-0.39, 0.29) is 18.5 Å². The fourth-order valence-electron chi connectivity index (χ4n) is 4.83. The third-order valence-corrected chi connectivity index (χ3v) is 6.62. The van der Waals surface area contributed by atoms with Crippen molar-refractivity contribution in [1.82, 2.24) is 0 Å². The first-order valence-electron chi connectivity index (χ1n) is 10.7. The van der Waals surface area contributed by atoms with Gasteiger partial charge in [0.1, 0.15) is 11.6 Å². The lowest BCUT2D eigenvalue weighted by Gasteiger charge is -2.31. The molecule has 2 nitrogen and oxygen atoms in total. The van der Waals surface area contributed by atoms with Crippen LogP contribution < -0.4 is 0 Å². The van der Waals surface area contributed by atoms with Crippen molar-refractivity contribution in [2.24, 2.45) is 23.7 Å². The van der Waals surface area contributed by atoms with Crippen LogP contribution in [0.15, 0.2) is 0 Å². The van der Waals surface area contributed by atoms with Gasteiger partial charge in [-0.2, -0.15) is 0 Å². The molecule has 0 unspecified atom stereocenters. The molecule has 0 spiro atoms. The molecule has 0 N–H and O–H groups in total. The zero-order valence-corrected chi connectivity index (χ0v) is 16.1. The highest BCUT2D eigenvalue weighted by Crippen LogP contribution is 2.36. The van der Waals surface area contributed by atoms with Gasteiger partial charge in [0.25, 0.3) is 0 Å². The van der Waals surface area contributed by atoms with E-state index in [9.17, 15) is 14.0 Å². The van der Waals surface area contributed by atoms with Crippen LogP contribution in [-0.2, 0) is 9.59 Å². The number of rotatable bonds is 10. The molecule has 2 aliphatic carbocycles. The Morgan fingerprint density at radius 3 is 1.92 bits per heavy atom. The first-order chi connectivity index (χ1) is 12.1. The normalized spacial score (nSPS) is 30.2. The van der Waals surface area contributed by atoms with Crippen LogP contribution >= 0.6 is 0 Å². The van der Waals surface area contributed by atoms with Crippen molar-refractivity contribution >= 4 is 11.6 Å². The van der Waals surface area contributed by atoms with Crippen LogP contribution in [0.25, 0.3) is 0 Å². The Balaban J connectivity index is 1.65. The highest BCUT2D eigenvalue weighted by molar-refractivity contribution is 5.83. The molecule has 144 valence electrons. The summed E-state index contributed by atoms with van der Waals surface area (Å²) in [5, 5.41) is 0. The summed E-state index contributed by atoms with van der Waals surface area (Å²) in [4.78, 5) is 24.8. The summed E-state index contributed by atoms with van der Waals surface area (Å²) in [6, 6.07) is 0. The summed E-state index contributed by atoms with van der Waals surface area (Å²) in [6.45, 7) is 1.93. The Hall–Kier alpha value is -0.730. The molecule has 0 amide bonds. The number of carbonyl (C=O) groups excluding carboxylic acids is 2. The minimum Gasteiger partial charge on any atom is -0.299 e. The number of ketones is 2. The van der Waals surface area contributed by atoms with Crippen LogP contribution in [0.3, 0.4) is 0 Å². The molecule has 0 saturated heterocycles. The Morgan fingerprint density at radius 2 is 1.36 bits per heavy atom. The average molecular weight is 353 g/mol. The molecular weight excluding hydrogens is 315 g/mol. The van der Waals surface area contributed by atoms with Gasteiger partial charge in [-0.1, -0.05) is 26.2 Å². The van der Waals surface area contributed by atoms with Crippen LogP contribution in [0.1, 0.15) is 96.8 Å². The van der Waals surface area contributed by atoms with Crippen molar-refractivity contribution in [3.8, 4) is 0 Å². The van der Waals surface area contributed by atoms with Gasteiger partial charge in [-0.15, -0.1) is 0 Å². The molecule has 0 aromatic heterocycles. The molecule has 2 saturated carbocycles. The molecule has 0 atom stereocenters. The van der Waals surface area contributed by atoms with E-state index in [1.54, 1.807) is 0 Å². The first-order valence-corrected chi connectivity index (χ1v) is 10.7. The van der Waals surface area contributed by atoms with E-state index in [2.05, 4.69) is 6.92 Å². The zero-order chi connectivity index (χ0) is 18.1. The molecular formula is C22H37FO2. The highest BCUT2D eigenvalue weighted by atomic mass is 19.1. The molecule has 2 aliphatic rings. The minimum absolute atomic E-state index is 0.192. The van der Waals surface area contributed by atoms with Gasteiger partial charge in [0, 0.05) is 24.7 Å². The SMILES string of the molecule is CCCCC(=O)C1CCC(C(=O)CC2CCC(CCCF)CC2)CC1. The monoisotopic (exact) mass is 352 g/mol. The van der Waals surface area contributed by atoms with Crippen LogP contribution in [0.4, 0.5) is 4.39 Å². The predicted octanol–water partition coefficient (Wildman–Crippen LogP) is 6.07. The molecule has 3 heteroatoms. The van der Waals surface area contributed by atoms with E-state index in [0.29, 0.717) is 29.8 Å². The quantitative estimate of drug-likeness (QED) is 0.478. The van der Waals surface area contributed by atoms with Gasteiger partial charge in [-0.3, -0.25) is 14.0 Å². The maximum atomic E-state index is 12.6. The largest absolute Gasteiger partial charge is 0.299 e. The van der Waals surface area contributed by atoms with Crippen molar-refractivity contribution in [3.63, 3.8) is 0 Å². The molecule has 25 heavy (non-hydrogen) atoms. The van der Waals surface area contributed by atoms with Crippen molar-refractivity contribution in [1.29, 1.82) is 0 Å². The second kappa shape index (κ2) is 11.1. The number of halogens is 1. The van der Waals surface area contributed by atoms with Gasteiger partial charge < -0.3 is 0 Å². The van der Waals surface area contributed by atoms with E-state index in [0.717, 1.165) is 70.6 Å². The zero-order valence-electron chi connectivity index (χ0n) is 16.1. The number of alkyl halides is 1.